The number of unbranched alkanes of at least 4 members (excludes halogenated alkanes) is 32. The van der Waals surface area contributed by atoms with E-state index in [0.717, 1.165) is 83.5 Å². The van der Waals surface area contributed by atoms with Crippen LogP contribution in [0.15, 0.2) is 36.5 Å². The predicted octanol–water partition coefficient (Wildman–Crippen LogP) is 16.1. The Labute approximate surface area is 379 Å². The highest BCUT2D eigenvalue weighted by Crippen LogP contribution is 2.16. The van der Waals surface area contributed by atoms with E-state index in [2.05, 4.69) is 55.6 Å². The molecule has 0 aliphatic carbocycles. The lowest BCUT2D eigenvalue weighted by atomic mass is 10.0. The van der Waals surface area contributed by atoms with E-state index in [9.17, 15) is 19.8 Å². The molecule has 3 N–H and O–H groups in total. The first-order chi connectivity index (χ1) is 30.0. The summed E-state index contributed by atoms with van der Waals surface area (Å²) in [6.07, 6.45) is 61.2. The number of rotatable bonds is 49. The Morgan fingerprint density at radius 2 is 0.820 bits per heavy atom. The number of esters is 1. The molecule has 0 radical (unpaired) electrons. The Morgan fingerprint density at radius 1 is 0.459 bits per heavy atom. The van der Waals surface area contributed by atoms with Crippen molar-refractivity contribution in [3.63, 3.8) is 0 Å². The highest BCUT2D eigenvalue weighted by Gasteiger charge is 2.20. The average molecular weight is 858 g/mol. The van der Waals surface area contributed by atoms with Gasteiger partial charge in [-0.25, -0.2) is 0 Å². The minimum absolute atomic E-state index is 0.0239. The summed E-state index contributed by atoms with van der Waals surface area (Å²) in [6, 6.07) is -0.553. The fraction of sp³-hybridized carbons (Fsp3) is 0.855. The summed E-state index contributed by atoms with van der Waals surface area (Å²) in [4.78, 5) is 24.4. The van der Waals surface area contributed by atoms with Crippen molar-refractivity contribution in [2.45, 2.75) is 289 Å². The van der Waals surface area contributed by atoms with Gasteiger partial charge in [0.05, 0.1) is 25.4 Å². The zero-order valence-electron chi connectivity index (χ0n) is 40.6. The highest BCUT2D eigenvalue weighted by molar-refractivity contribution is 5.76. The standard InChI is InChI=1S/C55H103NO5/c1-3-5-7-9-11-13-15-17-21-25-29-33-37-41-45-49-55(60)61-50-46-42-38-34-30-26-23-20-18-19-22-24-28-32-36-40-44-48-54(59)56-52(51-57)53(58)47-43-39-35-31-27-16-14-12-10-8-6-4-2/h17-18,20-21,26,30,52-53,57-58H,3-16,19,22-25,27-29,31-51H2,1-2H3,(H,56,59)/b20-18-,21-17-,30-26-. The number of amides is 1. The van der Waals surface area contributed by atoms with Crippen LogP contribution in [0.25, 0.3) is 0 Å². The summed E-state index contributed by atoms with van der Waals surface area (Å²) in [5.74, 6) is -0.0764. The van der Waals surface area contributed by atoms with Gasteiger partial charge in [0.2, 0.25) is 5.91 Å². The predicted molar refractivity (Wildman–Crippen MR) is 264 cm³/mol. The zero-order chi connectivity index (χ0) is 44.4. The highest BCUT2D eigenvalue weighted by atomic mass is 16.5. The molecule has 6 heteroatoms. The first-order valence-electron chi connectivity index (χ1n) is 26.7. The summed E-state index contributed by atoms with van der Waals surface area (Å²) in [5.41, 5.74) is 0. The minimum atomic E-state index is -0.674. The molecule has 0 aliphatic rings. The van der Waals surface area contributed by atoms with Gasteiger partial charge in [-0.15, -0.1) is 0 Å². The number of hydrogen-bond donors (Lipinski definition) is 3. The number of carbonyl (C=O) groups excluding carboxylic acids is 2. The molecule has 0 aromatic heterocycles. The number of hydrogen-bond acceptors (Lipinski definition) is 5. The maximum absolute atomic E-state index is 12.4. The number of ether oxygens (including phenoxy) is 1. The Morgan fingerprint density at radius 3 is 1.26 bits per heavy atom. The fourth-order valence-electron chi connectivity index (χ4n) is 8.02. The minimum Gasteiger partial charge on any atom is -0.466 e. The molecule has 0 aromatic carbocycles. The van der Waals surface area contributed by atoms with E-state index >= 15 is 0 Å². The molecular formula is C55H103NO5. The summed E-state index contributed by atoms with van der Waals surface area (Å²) >= 11 is 0. The van der Waals surface area contributed by atoms with Crippen molar-refractivity contribution in [3.05, 3.63) is 36.5 Å². The Bertz CT molecular complexity index is 993. The maximum Gasteiger partial charge on any atom is 0.305 e. The Kier molecular flexibility index (Phi) is 49.1. The van der Waals surface area contributed by atoms with Gasteiger partial charge in [-0.1, -0.05) is 211 Å². The average Bonchev–Trinajstić information content (AvgIpc) is 3.26. The molecule has 0 spiro atoms. The second kappa shape index (κ2) is 50.7. The van der Waals surface area contributed by atoms with Crippen molar-refractivity contribution in [3.8, 4) is 0 Å². The molecular weight excluding hydrogens is 755 g/mol. The van der Waals surface area contributed by atoms with Crippen LogP contribution in [0.4, 0.5) is 0 Å². The van der Waals surface area contributed by atoms with Gasteiger partial charge in [-0.3, -0.25) is 9.59 Å². The molecule has 6 nitrogen and oxygen atoms in total. The number of nitrogens with one attached hydrogen (secondary N) is 1. The van der Waals surface area contributed by atoms with E-state index in [1.807, 2.05) is 0 Å². The van der Waals surface area contributed by atoms with Crippen LogP contribution in [-0.2, 0) is 14.3 Å². The molecule has 2 unspecified atom stereocenters. The summed E-state index contributed by atoms with van der Waals surface area (Å²) in [5, 5.41) is 23.2. The summed E-state index contributed by atoms with van der Waals surface area (Å²) in [6.45, 7) is 4.89. The molecule has 2 atom stereocenters. The van der Waals surface area contributed by atoms with Gasteiger partial charge in [-0.2, -0.15) is 0 Å². The Balaban J connectivity index is 3.50. The number of carbonyl (C=O) groups is 2. The lowest BCUT2D eigenvalue weighted by Gasteiger charge is -2.22. The van der Waals surface area contributed by atoms with Crippen molar-refractivity contribution < 1.29 is 24.5 Å². The van der Waals surface area contributed by atoms with E-state index in [0.29, 0.717) is 25.9 Å². The molecule has 0 heterocycles. The molecule has 1 amide bonds. The lowest BCUT2D eigenvalue weighted by molar-refractivity contribution is -0.143. The maximum atomic E-state index is 12.4. The molecule has 0 rings (SSSR count). The molecule has 0 bridgehead atoms. The fourth-order valence-corrected chi connectivity index (χ4v) is 8.02. The zero-order valence-corrected chi connectivity index (χ0v) is 40.6. The molecule has 0 saturated heterocycles. The summed E-state index contributed by atoms with van der Waals surface area (Å²) < 4.78 is 5.44. The first kappa shape index (κ1) is 59.1. The van der Waals surface area contributed by atoms with E-state index in [-0.39, 0.29) is 18.5 Å². The van der Waals surface area contributed by atoms with Crippen LogP contribution in [0.5, 0.6) is 0 Å². The van der Waals surface area contributed by atoms with Crippen LogP contribution in [0.3, 0.4) is 0 Å². The molecule has 61 heavy (non-hydrogen) atoms. The molecule has 0 saturated carbocycles. The van der Waals surface area contributed by atoms with E-state index in [1.54, 1.807) is 0 Å². The number of aliphatic hydroxyl groups excluding tert-OH is 2. The van der Waals surface area contributed by atoms with Gasteiger partial charge in [0, 0.05) is 12.8 Å². The number of allylic oxidation sites excluding steroid dienone is 6. The third kappa shape index (κ3) is 47.4. The molecule has 358 valence electrons. The van der Waals surface area contributed by atoms with Gasteiger partial charge in [0.1, 0.15) is 0 Å². The van der Waals surface area contributed by atoms with Crippen LogP contribution < -0.4 is 5.32 Å². The third-order valence-corrected chi connectivity index (χ3v) is 12.2. The van der Waals surface area contributed by atoms with Crippen LogP contribution in [0.1, 0.15) is 277 Å². The SMILES string of the molecule is CCCCCCCC/C=C\CCCCCCCC(=O)OCCCCC/C=C\C/C=C\CCCCCCCCCC(=O)NC(CO)C(O)CCCCCCCCCCCCCC. The monoisotopic (exact) mass is 858 g/mol. The summed E-state index contributed by atoms with van der Waals surface area (Å²) in [7, 11) is 0. The van der Waals surface area contributed by atoms with Gasteiger partial charge in [0.25, 0.3) is 0 Å². The van der Waals surface area contributed by atoms with Crippen molar-refractivity contribution in [2.24, 2.45) is 0 Å². The molecule has 0 aliphatic heterocycles. The van der Waals surface area contributed by atoms with Crippen molar-refractivity contribution in [1.82, 2.24) is 5.32 Å². The molecule has 0 fully saturated rings. The van der Waals surface area contributed by atoms with Crippen LogP contribution in [-0.4, -0.2) is 47.4 Å². The quantitative estimate of drug-likeness (QED) is 0.0322. The van der Waals surface area contributed by atoms with Crippen LogP contribution in [0, 0.1) is 0 Å². The number of aliphatic hydroxyl groups is 2. The van der Waals surface area contributed by atoms with Crippen LogP contribution in [0.2, 0.25) is 0 Å². The lowest BCUT2D eigenvalue weighted by Crippen LogP contribution is -2.45. The van der Waals surface area contributed by atoms with E-state index in [4.69, 9.17) is 4.74 Å². The third-order valence-electron chi connectivity index (χ3n) is 12.2. The van der Waals surface area contributed by atoms with Gasteiger partial charge >= 0.3 is 5.97 Å². The van der Waals surface area contributed by atoms with E-state index < -0.39 is 12.1 Å². The van der Waals surface area contributed by atoms with Crippen molar-refractivity contribution in [2.75, 3.05) is 13.2 Å². The van der Waals surface area contributed by atoms with Gasteiger partial charge in [-0.05, 0) is 89.9 Å². The smallest absolute Gasteiger partial charge is 0.305 e. The Hall–Kier alpha value is -1.92. The topological polar surface area (TPSA) is 95.9 Å². The second-order valence-corrected chi connectivity index (χ2v) is 18.2. The van der Waals surface area contributed by atoms with Crippen molar-refractivity contribution >= 4 is 11.9 Å². The largest absolute Gasteiger partial charge is 0.466 e. The van der Waals surface area contributed by atoms with Crippen molar-refractivity contribution in [1.29, 1.82) is 0 Å². The normalized spacial score (nSPS) is 12.9. The first-order valence-corrected chi connectivity index (χ1v) is 26.7. The molecule has 0 aromatic rings. The van der Waals surface area contributed by atoms with Gasteiger partial charge < -0.3 is 20.3 Å². The van der Waals surface area contributed by atoms with E-state index in [1.165, 1.54) is 161 Å². The van der Waals surface area contributed by atoms with Gasteiger partial charge in [0.15, 0.2) is 0 Å². The van der Waals surface area contributed by atoms with Crippen LogP contribution >= 0.6 is 0 Å². The second-order valence-electron chi connectivity index (χ2n) is 18.2.